The van der Waals surface area contributed by atoms with Gasteiger partial charge in [-0.2, -0.15) is 0 Å². The van der Waals surface area contributed by atoms with E-state index in [2.05, 4.69) is 32.1 Å². The number of hydrogen-bond acceptors (Lipinski definition) is 8. The number of rotatable bonds is 7. The molecule has 9 rings (SSSR count). The van der Waals surface area contributed by atoms with Crippen LogP contribution in [0, 0.1) is 17.9 Å². The molecule has 1 aliphatic carbocycles. The summed E-state index contributed by atoms with van der Waals surface area (Å²) in [7, 11) is 0. The third-order valence-electron chi connectivity index (χ3n) is 12.8. The average molecular weight is 775 g/mol. The van der Waals surface area contributed by atoms with E-state index < -0.39 is 29.7 Å². The Balaban J connectivity index is 0.722. The molecule has 3 aromatic rings. The Labute approximate surface area is 330 Å². The van der Waals surface area contributed by atoms with Crippen LogP contribution < -0.4 is 15.0 Å². The van der Waals surface area contributed by atoms with Crippen molar-refractivity contribution in [1.82, 2.24) is 20.0 Å². The van der Waals surface area contributed by atoms with Crippen molar-refractivity contribution in [3.05, 3.63) is 98.9 Å². The van der Waals surface area contributed by atoms with Gasteiger partial charge < -0.3 is 14.5 Å². The van der Waals surface area contributed by atoms with Crippen molar-refractivity contribution in [3.63, 3.8) is 0 Å². The van der Waals surface area contributed by atoms with E-state index in [1.807, 2.05) is 35.2 Å². The fourth-order valence-corrected chi connectivity index (χ4v) is 9.89. The third kappa shape index (κ3) is 6.71. The van der Waals surface area contributed by atoms with Crippen LogP contribution in [-0.4, -0.2) is 89.1 Å². The van der Waals surface area contributed by atoms with Crippen molar-refractivity contribution < 1.29 is 28.7 Å². The van der Waals surface area contributed by atoms with Crippen molar-refractivity contribution in [2.24, 2.45) is 11.3 Å². The average Bonchev–Trinajstić information content (AvgIpc) is 3.69. The summed E-state index contributed by atoms with van der Waals surface area (Å²) >= 11 is 6.20. The van der Waals surface area contributed by atoms with Gasteiger partial charge >= 0.3 is 0 Å². The van der Waals surface area contributed by atoms with Gasteiger partial charge in [0.15, 0.2) is 0 Å². The molecule has 0 aromatic heterocycles. The van der Waals surface area contributed by atoms with Gasteiger partial charge in [-0.05, 0) is 111 Å². The molecule has 1 unspecified atom stereocenters. The molecule has 56 heavy (non-hydrogen) atoms. The number of carbonyl (C=O) groups excluding carboxylic acids is 5. The molecule has 288 valence electrons. The Bertz CT molecular complexity index is 2130. The summed E-state index contributed by atoms with van der Waals surface area (Å²) in [6, 6.07) is 16.0. The number of imide groups is 2. The maximum Gasteiger partial charge on any atom is 0.262 e. The van der Waals surface area contributed by atoms with Crippen LogP contribution in [0.25, 0.3) is 4.85 Å². The first-order valence-electron chi connectivity index (χ1n) is 19.6. The van der Waals surface area contributed by atoms with Gasteiger partial charge in [0.25, 0.3) is 17.7 Å². The zero-order valence-electron chi connectivity index (χ0n) is 31.1. The zero-order valence-corrected chi connectivity index (χ0v) is 31.9. The fourth-order valence-electron chi connectivity index (χ4n) is 9.68. The molecule has 5 aliphatic heterocycles. The predicted molar refractivity (Wildman–Crippen MR) is 208 cm³/mol. The van der Waals surface area contributed by atoms with Crippen molar-refractivity contribution in [2.45, 2.75) is 76.6 Å². The summed E-state index contributed by atoms with van der Waals surface area (Å²) in [4.78, 5) is 75.3. The number of anilines is 1. The largest absolute Gasteiger partial charge is 0.490 e. The van der Waals surface area contributed by atoms with E-state index in [1.165, 1.54) is 0 Å². The Hall–Kier alpha value is -5.25. The third-order valence-corrected chi connectivity index (χ3v) is 13.1. The van der Waals surface area contributed by atoms with Crippen LogP contribution in [0.15, 0.2) is 54.6 Å². The minimum Gasteiger partial charge on any atom is -0.490 e. The van der Waals surface area contributed by atoms with Crippen LogP contribution in [0.2, 0.25) is 5.02 Å². The molecular weight excluding hydrogens is 732 g/mol. The van der Waals surface area contributed by atoms with Crippen molar-refractivity contribution >= 4 is 52.5 Å². The fraction of sp³-hybridized carbons (Fsp3) is 0.442. The number of fused-ring (bicyclic) bond motifs is 2. The first-order chi connectivity index (χ1) is 27.1. The second-order valence-corrected chi connectivity index (χ2v) is 16.9. The van der Waals surface area contributed by atoms with Crippen molar-refractivity contribution in [3.8, 4) is 5.75 Å². The maximum absolute atomic E-state index is 13.5. The first kappa shape index (κ1) is 36.4. The molecule has 5 heterocycles. The summed E-state index contributed by atoms with van der Waals surface area (Å²) in [5, 5.41) is 2.67. The predicted octanol–water partition coefficient (Wildman–Crippen LogP) is 5.99. The van der Waals surface area contributed by atoms with Gasteiger partial charge in [-0.3, -0.25) is 39.1 Å². The van der Waals surface area contributed by atoms with Gasteiger partial charge in [0.2, 0.25) is 17.5 Å². The van der Waals surface area contributed by atoms with E-state index in [-0.39, 0.29) is 24.9 Å². The second kappa shape index (κ2) is 14.4. The van der Waals surface area contributed by atoms with E-state index in [1.54, 1.807) is 12.1 Å². The number of halogens is 1. The van der Waals surface area contributed by atoms with Crippen molar-refractivity contribution in [1.29, 1.82) is 0 Å². The molecule has 0 radical (unpaired) electrons. The molecule has 1 N–H and O–H groups in total. The lowest BCUT2D eigenvalue weighted by Crippen LogP contribution is -2.58. The quantitative estimate of drug-likeness (QED) is 0.230. The highest BCUT2D eigenvalue weighted by atomic mass is 35.5. The molecule has 5 amide bonds. The van der Waals surface area contributed by atoms with E-state index in [4.69, 9.17) is 22.9 Å². The Morgan fingerprint density at radius 2 is 1.54 bits per heavy atom. The lowest BCUT2D eigenvalue weighted by Gasteiger charge is -2.54. The van der Waals surface area contributed by atoms with Gasteiger partial charge in [0.05, 0.1) is 28.8 Å². The molecule has 13 heteroatoms. The van der Waals surface area contributed by atoms with Crippen LogP contribution in [-0.2, 0) is 22.7 Å². The monoisotopic (exact) mass is 774 g/mol. The molecule has 1 saturated carbocycles. The van der Waals surface area contributed by atoms with Crippen LogP contribution in [0.5, 0.6) is 5.75 Å². The van der Waals surface area contributed by atoms with Crippen molar-refractivity contribution in [2.75, 3.05) is 37.6 Å². The summed E-state index contributed by atoms with van der Waals surface area (Å²) in [5.74, 6) is -0.719. The highest BCUT2D eigenvalue weighted by Crippen LogP contribution is 2.46. The van der Waals surface area contributed by atoms with Crippen LogP contribution in [0.4, 0.5) is 11.4 Å². The standard InChI is InChI=1S/C43H43ClN6O6/c1-45-36-7-6-32(20-35(36)44)56-31-10-14-43(15-11-31)24-49(25-43)30-4-2-27(3-5-30)40(53)48-16-12-26(13-17-48)21-47-22-28-18-33-34(19-29(28)23-47)42(55)50(41(33)54)37-8-9-38(51)46-39(37)52/h2-7,18-20,26,31,37H,8-17,21-25H2,(H,46,51,52). The van der Waals surface area contributed by atoms with E-state index in [9.17, 15) is 24.0 Å². The number of hydrogen-bond donors (Lipinski definition) is 1. The van der Waals surface area contributed by atoms with Crippen LogP contribution in [0.1, 0.15) is 93.6 Å². The van der Waals surface area contributed by atoms with E-state index in [0.717, 1.165) is 85.6 Å². The topological polar surface area (TPSA) is 124 Å². The van der Waals surface area contributed by atoms with Crippen LogP contribution in [0.3, 0.4) is 0 Å². The smallest absolute Gasteiger partial charge is 0.262 e. The van der Waals surface area contributed by atoms with Gasteiger partial charge in [-0.15, -0.1) is 0 Å². The number of nitrogens with one attached hydrogen (secondary N) is 1. The van der Waals surface area contributed by atoms with Gasteiger partial charge in [0, 0.05) is 68.9 Å². The Morgan fingerprint density at radius 1 is 0.875 bits per heavy atom. The molecule has 12 nitrogen and oxygen atoms in total. The first-order valence-corrected chi connectivity index (χ1v) is 20.0. The number of likely N-dealkylation sites (tertiary alicyclic amines) is 1. The second-order valence-electron chi connectivity index (χ2n) is 16.5. The summed E-state index contributed by atoms with van der Waals surface area (Å²) in [6.45, 7) is 12.8. The summed E-state index contributed by atoms with van der Waals surface area (Å²) < 4.78 is 6.21. The number of ether oxygens (including phenoxy) is 1. The molecular formula is C43H43ClN6O6. The lowest BCUT2D eigenvalue weighted by molar-refractivity contribution is -0.136. The normalized spacial score (nSPS) is 22.5. The van der Waals surface area contributed by atoms with Gasteiger partial charge in [0.1, 0.15) is 11.8 Å². The van der Waals surface area contributed by atoms with Crippen LogP contribution >= 0.6 is 11.6 Å². The van der Waals surface area contributed by atoms with E-state index >= 15 is 0 Å². The minimum atomic E-state index is -0.967. The number of amides is 5. The molecule has 1 atom stereocenters. The number of nitrogens with zero attached hydrogens (tertiary/aromatic N) is 5. The number of carbonyl (C=O) groups is 5. The Morgan fingerprint density at radius 3 is 2.14 bits per heavy atom. The number of piperidine rings is 2. The summed E-state index contributed by atoms with van der Waals surface area (Å²) in [6.07, 6.45) is 6.41. The minimum absolute atomic E-state index is 0.0715. The lowest BCUT2D eigenvalue weighted by atomic mass is 9.67. The van der Waals surface area contributed by atoms with Gasteiger partial charge in [-0.25, -0.2) is 4.85 Å². The molecule has 1 spiro atoms. The maximum atomic E-state index is 13.5. The molecule has 4 fully saturated rings. The zero-order chi connectivity index (χ0) is 38.7. The SMILES string of the molecule is [C-]#[N+]c1ccc(OC2CCC3(CC2)CN(c2ccc(C(=O)N4CCC(CN5Cc6cc7c(cc6C5)C(=O)N(C5CCC(=O)NC5=O)C7=O)CC4)cc2)C3)cc1Cl. The number of benzene rings is 3. The highest BCUT2D eigenvalue weighted by Gasteiger charge is 2.47. The highest BCUT2D eigenvalue weighted by molar-refractivity contribution is 6.33. The van der Waals surface area contributed by atoms with Gasteiger partial charge in [-0.1, -0.05) is 17.7 Å². The van der Waals surface area contributed by atoms with E-state index in [0.29, 0.717) is 64.9 Å². The molecule has 3 aromatic carbocycles. The summed E-state index contributed by atoms with van der Waals surface area (Å²) in [5.41, 5.74) is 5.30. The molecule has 6 aliphatic rings. The molecule has 3 saturated heterocycles. The molecule has 0 bridgehead atoms. The Kier molecular flexibility index (Phi) is 9.33.